The Balaban J connectivity index is 4.90. The van der Waals surface area contributed by atoms with Crippen LogP contribution in [0.25, 0.3) is 0 Å². The molecule has 0 radical (unpaired) electrons. The minimum atomic E-state index is -1.61. The maximum Gasteiger partial charge on any atom is 0.184 e. The van der Waals surface area contributed by atoms with Gasteiger partial charge in [-0.25, -0.2) is 0 Å². The average molecular weight is 299 g/mol. The quantitative estimate of drug-likeness (QED) is 0.378. The Morgan fingerprint density at radius 3 is 1.89 bits per heavy atom. The van der Waals surface area contributed by atoms with Crippen LogP contribution in [0.3, 0.4) is 0 Å². The Kier molecular flexibility index (Phi) is 7.30. The van der Waals surface area contributed by atoms with Crippen molar-refractivity contribution in [2.45, 2.75) is 64.8 Å². The molecule has 0 aromatic carbocycles. The van der Waals surface area contributed by atoms with Crippen molar-refractivity contribution in [1.82, 2.24) is 0 Å². The van der Waals surface area contributed by atoms with Crippen molar-refractivity contribution in [2.24, 2.45) is 5.92 Å². The highest BCUT2D eigenvalue weighted by Crippen LogP contribution is 2.24. The summed E-state index contributed by atoms with van der Waals surface area (Å²) in [6, 6.07) is 0. The molecule has 0 saturated heterocycles. The summed E-state index contributed by atoms with van der Waals surface area (Å²) in [7, 11) is -3.21. The fourth-order valence-corrected chi connectivity index (χ4v) is 4.23. The topological polar surface area (TPSA) is 18.5 Å². The van der Waals surface area contributed by atoms with Crippen molar-refractivity contribution in [3.8, 4) is 12.3 Å². The van der Waals surface area contributed by atoms with Crippen molar-refractivity contribution in [3.63, 3.8) is 0 Å². The zero-order valence-electron chi connectivity index (χ0n) is 13.6. The first-order valence-electron chi connectivity index (χ1n) is 6.92. The van der Waals surface area contributed by atoms with E-state index in [1.807, 2.05) is 6.08 Å². The SMILES string of the molecule is C#CC[C@H](O[Si](C)(C)C)[C@H](C)[C@H](C=C)O[Si](C)(C)C. The Morgan fingerprint density at radius 1 is 1.11 bits per heavy atom. The standard InChI is InChI=1S/C15H30O2Si2/c1-10-12-15(17-19(7,8)9)13(3)14(11-2)16-18(4,5)6/h1,11,13-15H,2,12H2,3-9H3/t13-,14+,15+/m1/s1. The molecular formula is C15H30O2Si2. The van der Waals surface area contributed by atoms with Crippen molar-refractivity contribution in [3.05, 3.63) is 12.7 Å². The molecule has 0 heterocycles. The van der Waals surface area contributed by atoms with Gasteiger partial charge >= 0.3 is 0 Å². The molecule has 0 saturated carbocycles. The van der Waals surface area contributed by atoms with Crippen LogP contribution < -0.4 is 0 Å². The van der Waals surface area contributed by atoms with Gasteiger partial charge in [-0.2, -0.15) is 0 Å². The van der Waals surface area contributed by atoms with E-state index in [0.29, 0.717) is 6.42 Å². The van der Waals surface area contributed by atoms with E-state index in [4.69, 9.17) is 15.3 Å². The van der Waals surface area contributed by atoms with Gasteiger partial charge in [0.1, 0.15) is 0 Å². The van der Waals surface area contributed by atoms with Crippen LogP contribution in [0.1, 0.15) is 13.3 Å². The van der Waals surface area contributed by atoms with Crippen LogP contribution in [0, 0.1) is 18.3 Å². The Hall–Kier alpha value is -0.346. The van der Waals surface area contributed by atoms with E-state index in [1.165, 1.54) is 0 Å². The lowest BCUT2D eigenvalue weighted by molar-refractivity contribution is 0.0684. The van der Waals surface area contributed by atoms with Gasteiger partial charge in [0.05, 0.1) is 12.2 Å². The van der Waals surface area contributed by atoms with Crippen LogP contribution in [0.15, 0.2) is 12.7 Å². The van der Waals surface area contributed by atoms with Crippen molar-refractivity contribution in [2.75, 3.05) is 0 Å². The molecule has 0 rings (SSSR count). The summed E-state index contributed by atoms with van der Waals surface area (Å²) in [6.07, 6.45) is 8.07. The summed E-state index contributed by atoms with van der Waals surface area (Å²) in [5.41, 5.74) is 0. The van der Waals surface area contributed by atoms with E-state index in [-0.39, 0.29) is 18.1 Å². The zero-order valence-corrected chi connectivity index (χ0v) is 15.6. The number of hydrogen-bond donors (Lipinski definition) is 0. The van der Waals surface area contributed by atoms with Gasteiger partial charge in [0.15, 0.2) is 16.6 Å². The third kappa shape index (κ3) is 8.43. The Morgan fingerprint density at radius 2 is 1.58 bits per heavy atom. The second-order valence-electron chi connectivity index (χ2n) is 6.97. The summed E-state index contributed by atoms with van der Waals surface area (Å²) in [6.45, 7) is 19.2. The highest BCUT2D eigenvalue weighted by Gasteiger charge is 2.31. The van der Waals surface area contributed by atoms with Crippen LogP contribution in [0.5, 0.6) is 0 Å². The molecule has 0 spiro atoms. The molecule has 0 N–H and O–H groups in total. The smallest absolute Gasteiger partial charge is 0.184 e. The summed E-state index contributed by atoms with van der Waals surface area (Å²) in [5.74, 6) is 2.96. The van der Waals surface area contributed by atoms with E-state index in [0.717, 1.165) is 0 Å². The molecular weight excluding hydrogens is 268 g/mol. The minimum Gasteiger partial charge on any atom is -0.413 e. The number of hydrogen-bond acceptors (Lipinski definition) is 2. The molecule has 0 bridgehead atoms. The Bertz CT molecular complexity index is 321. The van der Waals surface area contributed by atoms with Gasteiger partial charge in [-0.3, -0.25) is 0 Å². The molecule has 110 valence electrons. The Labute approximate surface area is 121 Å². The molecule has 19 heavy (non-hydrogen) atoms. The molecule has 2 nitrogen and oxygen atoms in total. The fourth-order valence-electron chi connectivity index (χ4n) is 1.90. The summed E-state index contributed by atoms with van der Waals surface area (Å²) in [4.78, 5) is 0. The minimum absolute atomic E-state index is 0.0152. The molecule has 0 aliphatic carbocycles. The molecule has 3 atom stereocenters. The van der Waals surface area contributed by atoms with Gasteiger partial charge < -0.3 is 8.85 Å². The van der Waals surface area contributed by atoms with E-state index < -0.39 is 16.6 Å². The molecule has 0 fully saturated rings. The highest BCUT2D eigenvalue weighted by atomic mass is 28.4. The van der Waals surface area contributed by atoms with Crippen molar-refractivity contribution >= 4 is 16.6 Å². The third-order valence-electron chi connectivity index (χ3n) is 2.65. The van der Waals surface area contributed by atoms with Gasteiger partial charge in [0.2, 0.25) is 0 Å². The lowest BCUT2D eigenvalue weighted by Gasteiger charge is -2.35. The summed E-state index contributed by atoms with van der Waals surface area (Å²) in [5, 5.41) is 0. The van der Waals surface area contributed by atoms with E-state index >= 15 is 0 Å². The predicted molar refractivity (Wildman–Crippen MR) is 89.2 cm³/mol. The maximum absolute atomic E-state index is 6.22. The second-order valence-corrected chi connectivity index (χ2v) is 15.9. The van der Waals surface area contributed by atoms with Crippen LogP contribution in [-0.4, -0.2) is 28.8 Å². The van der Waals surface area contributed by atoms with Gasteiger partial charge in [0, 0.05) is 12.3 Å². The zero-order chi connectivity index (χ0) is 15.3. The first kappa shape index (κ1) is 18.7. The fraction of sp³-hybridized carbons (Fsp3) is 0.733. The second kappa shape index (κ2) is 7.44. The molecule has 0 aromatic rings. The van der Waals surface area contributed by atoms with Gasteiger partial charge in [-0.05, 0) is 39.3 Å². The first-order valence-corrected chi connectivity index (χ1v) is 13.7. The number of terminal acetylenes is 1. The number of rotatable bonds is 8. The van der Waals surface area contributed by atoms with Crippen LogP contribution in [-0.2, 0) is 8.85 Å². The van der Waals surface area contributed by atoms with E-state index in [1.54, 1.807) is 0 Å². The third-order valence-corrected chi connectivity index (χ3v) is 4.64. The maximum atomic E-state index is 6.22. The summed E-state index contributed by atoms with van der Waals surface area (Å²) >= 11 is 0. The van der Waals surface area contributed by atoms with E-state index in [9.17, 15) is 0 Å². The first-order chi connectivity index (χ1) is 8.50. The van der Waals surface area contributed by atoms with Crippen LogP contribution >= 0.6 is 0 Å². The van der Waals surface area contributed by atoms with Gasteiger partial charge in [0.25, 0.3) is 0 Å². The normalized spacial score (nSPS) is 17.4. The lowest BCUT2D eigenvalue weighted by atomic mass is 9.96. The molecule has 0 aliphatic rings. The molecule has 0 amide bonds. The van der Waals surface area contributed by atoms with E-state index in [2.05, 4.69) is 58.7 Å². The van der Waals surface area contributed by atoms with Crippen molar-refractivity contribution < 1.29 is 8.85 Å². The summed E-state index contributed by atoms with van der Waals surface area (Å²) < 4.78 is 12.4. The predicted octanol–water partition coefficient (Wildman–Crippen LogP) is 4.27. The molecule has 0 aliphatic heterocycles. The lowest BCUT2D eigenvalue weighted by Crippen LogP contribution is -2.42. The molecule has 0 unspecified atom stereocenters. The largest absolute Gasteiger partial charge is 0.413 e. The molecule has 0 aromatic heterocycles. The monoisotopic (exact) mass is 298 g/mol. The average Bonchev–Trinajstić information content (AvgIpc) is 2.21. The van der Waals surface area contributed by atoms with Gasteiger partial charge in [-0.1, -0.05) is 13.0 Å². The van der Waals surface area contributed by atoms with Gasteiger partial charge in [-0.15, -0.1) is 18.9 Å². The van der Waals surface area contributed by atoms with Crippen molar-refractivity contribution in [1.29, 1.82) is 0 Å². The van der Waals surface area contributed by atoms with Crippen LogP contribution in [0.2, 0.25) is 39.3 Å². The van der Waals surface area contributed by atoms with Crippen LogP contribution in [0.4, 0.5) is 0 Å². The molecule has 4 heteroatoms. The highest BCUT2D eigenvalue weighted by molar-refractivity contribution is 6.70.